The molecule has 2 nitrogen and oxygen atoms in total. The predicted octanol–water partition coefficient (Wildman–Crippen LogP) is 4.36. The van der Waals surface area contributed by atoms with Crippen LogP contribution in [0.25, 0.3) is 10.8 Å². The van der Waals surface area contributed by atoms with E-state index in [1.54, 1.807) is 12.4 Å². The largest absolute Gasteiger partial charge is 0.294 e. The average Bonchev–Trinajstić information content (AvgIpc) is 2.52. The van der Waals surface area contributed by atoms with Gasteiger partial charge in [0.05, 0.1) is 0 Å². The van der Waals surface area contributed by atoms with E-state index >= 15 is 0 Å². The number of hydrogen-bond acceptors (Lipinski definition) is 2. The van der Waals surface area contributed by atoms with Gasteiger partial charge in [-0.3, -0.25) is 9.78 Å². The van der Waals surface area contributed by atoms with Crippen molar-refractivity contribution in [1.82, 2.24) is 4.98 Å². The van der Waals surface area contributed by atoms with Gasteiger partial charge in [0.15, 0.2) is 5.78 Å². The molecule has 0 amide bonds. The van der Waals surface area contributed by atoms with Crippen molar-refractivity contribution < 1.29 is 4.79 Å². The van der Waals surface area contributed by atoms with Crippen LogP contribution in [0.5, 0.6) is 0 Å². The molecule has 0 aliphatic rings. The maximum absolute atomic E-state index is 12.5. The highest BCUT2D eigenvalue weighted by Gasteiger charge is 2.10. The second-order valence-corrected chi connectivity index (χ2v) is 5.31. The number of benzene rings is 2. The quantitative estimate of drug-likeness (QED) is 0.662. The standard InChI is InChI=1S/C19H17NO/c1-14-4-2-5-15(12-14)8-9-19(21)18-7-3-6-16-13-20-11-10-17(16)18/h2-7,10-13H,8-9H2,1H3. The van der Waals surface area contributed by atoms with Crippen molar-refractivity contribution in [1.29, 1.82) is 0 Å². The Kier molecular flexibility index (Phi) is 3.78. The van der Waals surface area contributed by atoms with Gasteiger partial charge in [-0.15, -0.1) is 0 Å². The fraction of sp³-hybridized carbons (Fsp3) is 0.158. The van der Waals surface area contributed by atoms with Gasteiger partial charge in [-0.25, -0.2) is 0 Å². The van der Waals surface area contributed by atoms with Crippen LogP contribution in [-0.4, -0.2) is 10.8 Å². The molecule has 0 fully saturated rings. The highest BCUT2D eigenvalue weighted by atomic mass is 16.1. The van der Waals surface area contributed by atoms with Gasteiger partial charge in [0.2, 0.25) is 0 Å². The topological polar surface area (TPSA) is 30.0 Å². The molecule has 0 saturated heterocycles. The van der Waals surface area contributed by atoms with Gasteiger partial charge >= 0.3 is 0 Å². The zero-order chi connectivity index (χ0) is 14.7. The molecule has 0 aliphatic carbocycles. The molecule has 0 atom stereocenters. The molecule has 0 radical (unpaired) electrons. The molecule has 3 rings (SSSR count). The zero-order valence-electron chi connectivity index (χ0n) is 12.0. The summed E-state index contributed by atoms with van der Waals surface area (Å²) < 4.78 is 0. The molecular weight excluding hydrogens is 258 g/mol. The van der Waals surface area contributed by atoms with Crippen LogP contribution in [-0.2, 0) is 6.42 Å². The van der Waals surface area contributed by atoms with Crippen molar-refractivity contribution in [3.63, 3.8) is 0 Å². The van der Waals surface area contributed by atoms with Gasteiger partial charge in [0.1, 0.15) is 0 Å². The van der Waals surface area contributed by atoms with Crippen molar-refractivity contribution in [2.45, 2.75) is 19.8 Å². The zero-order valence-corrected chi connectivity index (χ0v) is 12.0. The SMILES string of the molecule is Cc1cccc(CCC(=O)c2cccc3cnccc23)c1. The van der Waals surface area contributed by atoms with Crippen LogP contribution in [0.4, 0.5) is 0 Å². The third-order valence-corrected chi connectivity index (χ3v) is 3.70. The Morgan fingerprint density at radius 2 is 1.95 bits per heavy atom. The van der Waals surface area contributed by atoms with Crippen molar-refractivity contribution >= 4 is 16.6 Å². The first-order valence-corrected chi connectivity index (χ1v) is 7.15. The molecular formula is C19H17NO. The number of aromatic nitrogens is 1. The summed E-state index contributed by atoms with van der Waals surface area (Å²) in [4.78, 5) is 16.6. The Balaban J connectivity index is 1.81. The number of Topliss-reactive ketones (excluding diaryl/α,β-unsaturated/α-hetero) is 1. The molecule has 1 aromatic heterocycles. The van der Waals surface area contributed by atoms with Gasteiger partial charge in [-0.2, -0.15) is 0 Å². The Labute approximate surface area is 124 Å². The molecule has 0 spiro atoms. The van der Waals surface area contributed by atoms with E-state index in [-0.39, 0.29) is 5.78 Å². The van der Waals surface area contributed by atoms with Crippen LogP contribution < -0.4 is 0 Å². The second-order valence-electron chi connectivity index (χ2n) is 5.31. The lowest BCUT2D eigenvalue weighted by Crippen LogP contribution is -2.02. The van der Waals surface area contributed by atoms with E-state index in [0.717, 1.165) is 22.8 Å². The third kappa shape index (κ3) is 3.00. The molecule has 0 saturated carbocycles. The van der Waals surface area contributed by atoms with Gasteiger partial charge in [-0.05, 0) is 30.4 Å². The molecule has 104 valence electrons. The summed E-state index contributed by atoms with van der Waals surface area (Å²) in [6, 6.07) is 16.1. The van der Waals surface area contributed by atoms with E-state index in [1.807, 2.05) is 30.3 Å². The van der Waals surface area contributed by atoms with Gasteiger partial charge < -0.3 is 0 Å². The van der Waals surface area contributed by atoms with Crippen LogP contribution >= 0.6 is 0 Å². The lowest BCUT2D eigenvalue weighted by Gasteiger charge is -2.06. The summed E-state index contributed by atoms with van der Waals surface area (Å²) in [6.07, 6.45) is 4.85. The van der Waals surface area contributed by atoms with Gasteiger partial charge in [-0.1, -0.05) is 48.0 Å². The Hall–Kier alpha value is -2.48. The minimum Gasteiger partial charge on any atom is -0.294 e. The fourth-order valence-electron chi connectivity index (χ4n) is 2.63. The highest BCUT2D eigenvalue weighted by Crippen LogP contribution is 2.19. The van der Waals surface area contributed by atoms with Gasteiger partial charge in [0.25, 0.3) is 0 Å². The lowest BCUT2D eigenvalue weighted by atomic mass is 9.98. The van der Waals surface area contributed by atoms with Crippen molar-refractivity contribution in [2.24, 2.45) is 0 Å². The normalized spacial score (nSPS) is 10.7. The maximum atomic E-state index is 12.5. The monoisotopic (exact) mass is 275 g/mol. The molecule has 0 aliphatic heterocycles. The first-order chi connectivity index (χ1) is 10.2. The van der Waals surface area contributed by atoms with Crippen molar-refractivity contribution in [3.8, 4) is 0 Å². The Bertz CT molecular complexity index is 787. The number of aryl methyl sites for hydroxylation is 2. The summed E-state index contributed by atoms with van der Waals surface area (Å²) in [5.74, 6) is 0.188. The predicted molar refractivity (Wildman–Crippen MR) is 85.6 cm³/mol. The van der Waals surface area contributed by atoms with E-state index in [4.69, 9.17) is 0 Å². The van der Waals surface area contributed by atoms with E-state index in [9.17, 15) is 4.79 Å². The second kappa shape index (κ2) is 5.88. The number of ketones is 1. The molecule has 21 heavy (non-hydrogen) atoms. The number of nitrogens with zero attached hydrogens (tertiary/aromatic N) is 1. The summed E-state index contributed by atoms with van der Waals surface area (Å²) in [5, 5.41) is 2.00. The van der Waals surface area contributed by atoms with Crippen LogP contribution in [0.1, 0.15) is 27.9 Å². The number of fused-ring (bicyclic) bond motifs is 1. The number of pyridine rings is 1. The lowest BCUT2D eigenvalue weighted by molar-refractivity contribution is 0.0984. The number of carbonyl (C=O) groups is 1. The first-order valence-electron chi connectivity index (χ1n) is 7.15. The summed E-state index contributed by atoms with van der Waals surface area (Å²) in [6.45, 7) is 2.07. The summed E-state index contributed by atoms with van der Waals surface area (Å²) in [5.41, 5.74) is 3.24. The van der Waals surface area contributed by atoms with E-state index in [2.05, 4.69) is 30.1 Å². The molecule has 3 aromatic rings. The van der Waals surface area contributed by atoms with Crippen LogP contribution in [0.15, 0.2) is 60.9 Å². The van der Waals surface area contributed by atoms with Crippen LogP contribution in [0.3, 0.4) is 0 Å². The fourth-order valence-corrected chi connectivity index (χ4v) is 2.63. The first kappa shape index (κ1) is 13.5. The van der Waals surface area contributed by atoms with Crippen LogP contribution in [0, 0.1) is 6.92 Å². The highest BCUT2D eigenvalue weighted by molar-refractivity contribution is 6.07. The number of rotatable bonds is 4. The minimum atomic E-state index is 0.188. The smallest absolute Gasteiger partial charge is 0.163 e. The molecule has 0 unspecified atom stereocenters. The Morgan fingerprint density at radius 3 is 2.81 bits per heavy atom. The summed E-state index contributed by atoms with van der Waals surface area (Å²) >= 11 is 0. The third-order valence-electron chi connectivity index (χ3n) is 3.70. The molecule has 0 N–H and O–H groups in total. The number of carbonyl (C=O) groups excluding carboxylic acids is 1. The molecule has 2 heteroatoms. The van der Waals surface area contributed by atoms with Crippen LogP contribution in [0.2, 0.25) is 0 Å². The average molecular weight is 275 g/mol. The van der Waals surface area contributed by atoms with Crippen molar-refractivity contribution in [3.05, 3.63) is 77.6 Å². The van der Waals surface area contributed by atoms with E-state index in [0.29, 0.717) is 6.42 Å². The van der Waals surface area contributed by atoms with Gasteiger partial charge in [0, 0.05) is 29.8 Å². The minimum absolute atomic E-state index is 0.188. The molecule has 1 heterocycles. The Morgan fingerprint density at radius 1 is 1.10 bits per heavy atom. The summed E-state index contributed by atoms with van der Waals surface area (Å²) in [7, 11) is 0. The van der Waals surface area contributed by atoms with E-state index in [1.165, 1.54) is 11.1 Å². The molecule has 2 aromatic carbocycles. The van der Waals surface area contributed by atoms with Crippen molar-refractivity contribution in [2.75, 3.05) is 0 Å². The van der Waals surface area contributed by atoms with E-state index < -0.39 is 0 Å². The number of hydrogen-bond donors (Lipinski definition) is 0. The maximum Gasteiger partial charge on any atom is 0.163 e. The molecule has 0 bridgehead atoms.